The molecule has 0 saturated carbocycles. The van der Waals surface area contributed by atoms with Crippen molar-refractivity contribution in [2.45, 2.75) is 32.8 Å². The second kappa shape index (κ2) is 5.80. The number of rotatable bonds is 6. The highest BCUT2D eigenvalue weighted by atomic mass is 32.1. The van der Waals surface area contributed by atoms with Gasteiger partial charge in [0.25, 0.3) is 0 Å². The second-order valence-electron chi connectivity index (χ2n) is 5.08. The van der Waals surface area contributed by atoms with Crippen LogP contribution in [-0.4, -0.2) is 35.7 Å². The van der Waals surface area contributed by atoms with Gasteiger partial charge < -0.3 is 10.0 Å². The zero-order chi connectivity index (χ0) is 12.2. The van der Waals surface area contributed by atoms with E-state index in [9.17, 15) is 5.11 Å². The van der Waals surface area contributed by atoms with Crippen LogP contribution >= 0.6 is 11.3 Å². The Hall–Kier alpha value is -0.380. The number of nitrogens with zero attached hydrogens (tertiary/aromatic N) is 1. The van der Waals surface area contributed by atoms with Crippen LogP contribution in [0.1, 0.15) is 25.6 Å². The summed E-state index contributed by atoms with van der Waals surface area (Å²) in [5.74, 6) is 0.289. The number of likely N-dealkylation sites (N-methyl/N-ethyl adjacent to an activating group) is 1. The monoisotopic (exact) mass is 241 g/mol. The Morgan fingerprint density at radius 3 is 2.69 bits per heavy atom. The molecule has 1 heterocycles. The minimum absolute atomic E-state index is 0.289. The first-order valence-corrected chi connectivity index (χ1v) is 6.73. The second-order valence-corrected chi connectivity index (χ2v) is 6.11. The lowest BCUT2D eigenvalue weighted by Gasteiger charge is -2.32. The fraction of sp³-hybridized carbons (Fsp3) is 0.692. The molecule has 0 saturated heterocycles. The molecule has 1 rings (SSSR count). The molecule has 92 valence electrons. The molecule has 1 aromatic heterocycles. The average Bonchev–Trinajstić information content (AvgIpc) is 2.66. The maximum Gasteiger partial charge on any atom is 0.0768 e. The van der Waals surface area contributed by atoms with E-state index in [1.165, 1.54) is 4.88 Å². The molecule has 2 nitrogen and oxygen atoms in total. The molecule has 0 fully saturated rings. The van der Waals surface area contributed by atoms with Gasteiger partial charge in [-0.25, -0.2) is 0 Å². The third kappa shape index (κ3) is 4.24. The van der Waals surface area contributed by atoms with Crippen molar-refractivity contribution >= 4 is 11.3 Å². The van der Waals surface area contributed by atoms with Crippen LogP contribution in [0.4, 0.5) is 0 Å². The van der Waals surface area contributed by atoms with Gasteiger partial charge in [0.1, 0.15) is 0 Å². The summed E-state index contributed by atoms with van der Waals surface area (Å²) in [6.45, 7) is 7.78. The third-order valence-electron chi connectivity index (χ3n) is 3.15. The molecule has 0 aromatic carbocycles. The van der Waals surface area contributed by atoms with Crippen molar-refractivity contribution in [2.75, 3.05) is 20.1 Å². The molecule has 1 N–H and O–H groups in total. The lowest BCUT2D eigenvalue weighted by atomic mass is 9.92. The van der Waals surface area contributed by atoms with E-state index >= 15 is 0 Å². The number of aliphatic hydroxyl groups is 1. The largest absolute Gasteiger partial charge is 0.389 e. The third-order valence-corrected chi connectivity index (χ3v) is 4.09. The minimum atomic E-state index is -0.593. The maximum absolute atomic E-state index is 10.2. The lowest BCUT2D eigenvalue weighted by Crippen LogP contribution is -2.43. The van der Waals surface area contributed by atoms with E-state index in [0.717, 1.165) is 19.5 Å². The average molecular weight is 241 g/mol. The van der Waals surface area contributed by atoms with E-state index in [4.69, 9.17) is 0 Å². The molecule has 0 spiro atoms. The Balaban J connectivity index is 2.33. The van der Waals surface area contributed by atoms with Crippen molar-refractivity contribution in [2.24, 2.45) is 5.92 Å². The van der Waals surface area contributed by atoms with Gasteiger partial charge in [0.2, 0.25) is 0 Å². The summed E-state index contributed by atoms with van der Waals surface area (Å²) < 4.78 is 0. The van der Waals surface area contributed by atoms with Gasteiger partial charge in [0, 0.05) is 18.0 Å². The van der Waals surface area contributed by atoms with Crippen LogP contribution in [0.25, 0.3) is 0 Å². The Kier molecular flexibility index (Phi) is 4.96. The molecule has 1 unspecified atom stereocenters. The van der Waals surface area contributed by atoms with Crippen molar-refractivity contribution in [1.29, 1.82) is 0 Å². The topological polar surface area (TPSA) is 23.5 Å². The first-order valence-electron chi connectivity index (χ1n) is 5.85. The van der Waals surface area contributed by atoms with Crippen molar-refractivity contribution in [3.8, 4) is 0 Å². The number of hydrogen-bond acceptors (Lipinski definition) is 3. The Morgan fingerprint density at radius 2 is 2.19 bits per heavy atom. The van der Waals surface area contributed by atoms with Gasteiger partial charge in [-0.05, 0) is 37.8 Å². The molecule has 0 aliphatic heterocycles. The molecule has 1 aromatic rings. The Morgan fingerprint density at radius 1 is 1.50 bits per heavy atom. The molecule has 0 bridgehead atoms. The van der Waals surface area contributed by atoms with Crippen molar-refractivity contribution in [3.63, 3.8) is 0 Å². The van der Waals surface area contributed by atoms with Gasteiger partial charge in [-0.1, -0.05) is 19.9 Å². The highest BCUT2D eigenvalue weighted by Crippen LogP contribution is 2.17. The summed E-state index contributed by atoms with van der Waals surface area (Å²) in [4.78, 5) is 3.62. The summed E-state index contributed by atoms with van der Waals surface area (Å²) in [7, 11) is 2.07. The van der Waals surface area contributed by atoms with Crippen LogP contribution < -0.4 is 0 Å². The summed E-state index contributed by atoms with van der Waals surface area (Å²) in [5.41, 5.74) is -0.593. The first kappa shape index (κ1) is 13.7. The molecule has 3 heteroatoms. The number of hydrogen-bond donors (Lipinski definition) is 1. The lowest BCUT2D eigenvalue weighted by molar-refractivity contribution is -0.0127. The highest BCUT2D eigenvalue weighted by molar-refractivity contribution is 7.09. The molecular weight excluding hydrogens is 218 g/mol. The van der Waals surface area contributed by atoms with E-state index in [-0.39, 0.29) is 5.92 Å². The predicted octanol–water partition coefficient (Wildman–Crippen LogP) is 2.63. The van der Waals surface area contributed by atoms with Gasteiger partial charge >= 0.3 is 0 Å². The molecule has 16 heavy (non-hydrogen) atoms. The van der Waals surface area contributed by atoms with E-state index in [1.807, 2.05) is 6.92 Å². The van der Waals surface area contributed by atoms with Gasteiger partial charge in [-0.3, -0.25) is 0 Å². The van der Waals surface area contributed by atoms with Crippen molar-refractivity contribution in [3.05, 3.63) is 22.4 Å². The first-order chi connectivity index (χ1) is 7.42. The quantitative estimate of drug-likeness (QED) is 0.827. The Labute approximate surface area is 103 Å². The van der Waals surface area contributed by atoms with E-state index in [2.05, 4.69) is 43.3 Å². The van der Waals surface area contributed by atoms with Crippen LogP contribution in [0.3, 0.4) is 0 Å². The van der Waals surface area contributed by atoms with Gasteiger partial charge in [0.05, 0.1) is 5.60 Å². The minimum Gasteiger partial charge on any atom is -0.389 e. The molecule has 0 radical (unpaired) electrons. The van der Waals surface area contributed by atoms with Crippen LogP contribution in [-0.2, 0) is 6.42 Å². The zero-order valence-electron chi connectivity index (χ0n) is 10.7. The van der Waals surface area contributed by atoms with Crippen molar-refractivity contribution < 1.29 is 5.11 Å². The standard InChI is InChI=1S/C13H23NOS/c1-11(2)13(3,15)10-14(4)8-7-12-6-5-9-16-12/h5-6,9,11,15H,7-8,10H2,1-4H3. The van der Waals surface area contributed by atoms with Crippen molar-refractivity contribution in [1.82, 2.24) is 4.90 Å². The normalized spacial score (nSPS) is 15.7. The summed E-state index contributed by atoms with van der Waals surface area (Å²) in [6.07, 6.45) is 1.07. The summed E-state index contributed by atoms with van der Waals surface area (Å²) in [6, 6.07) is 4.25. The smallest absolute Gasteiger partial charge is 0.0768 e. The van der Waals surface area contributed by atoms with E-state index in [0.29, 0.717) is 0 Å². The highest BCUT2D eigenvalue weighted by Gasteiger charge is 2.26. The number of thiophene rings is 1. The summed E-state index contributed by atoms with van der Waals surface area (Å²) in [5, 5.41) is 12.3. The van der Waals surface area contributed by atoms with E-state index in [1.54, 1.807) is 11.3 Å². The molecule has 0 aliphatic rings. The van der Waals surface area contributed by atoms with Crippen LogP contribution in [0.2, 0.25) is 0 Å². The van der Waals surface area contributed by atoms with Gasteiger partial charge in [-0.2, -0.15) is 0 Å². The van der Waals surface area contributed by atoms with E-state index < -0.39 is 5.60 Å². The molecule has 0 amide bonds. The van der Waals surface area contributed by atoms with Crippen LogP contribution in [0.15, 0.2) is 17.5 Å². The van der Waals surface area contributed by atoms with Crippen LogP contribution in [0.5, 0.6) is 0 Å². The molecular formula is C13H23NOS. The molecule has 1 atom stereocenters. The fourth-order valence-corrected chi connectivity index (χ4v) is 2.26. The zero-order valence-corrected chi connectivity index (χ0v) is 11.5. The maximum atomic E-state index is 10.2. The van der Waals surface area contributed by atoms with Gasteiger partial charge in [-0.15, -0.1) is 11.3 Å². The molecule has 0 aliphatic carbocycles. The Bertz CT molecular complexity index is 293. The van der Waals surface area contributed by atoms with Gasteiger partial charge in [0.15, 0.2) is 0 Å². The predicted molar refractivity (Wildman–Crippen MR) is 71.0 cm³/mol. The van der Waals surface area contributed by atoms with Crippen LogP contribution in [0, 0.1) is 5.92 Å². The SMILES string of the molecule is CC(C)C(C)(O)CN(C)CCc1cccs1. The summed E-state index contributed by atoms with van der Waals surface area (Å²) >= 11 is 1.80. The fourth-order valence-electron chi connectivity index (χ4n) is 1.56.